The molecule has 0 atom stereocenters. The SMILES string of the molecule is O=S(=O)(c1ccc(F)c(CO)c1F)N1CCCC1. The van der Waals surface area contributed by atoms with Crippen LogP contribution in [0.3, 0.4) is 0 Å². The van der Waals surface area contributed by atoms with Crippen LogP contribution in [0.1, 0.15) is 18.4 Å². The molecule has 1 aromatic rings. The Morgan fingerprint density at radius 3 is 2.39 bits per heavy atom. The van der Waals surface area contributed by atoms with E-state index in [9.17, 15) is 17.2 Å². The van der Waals surface area contributed by atoms with Crippen LogP contribution in [0.25, 0.3) is 0 Å². The quantitative estimate of drug-likeness (QED) is 0.904. The number of hydrogen-bond acceptors (Lipinski definition) is 3. The first-order valence-electron chi connectivity index (χ1n) is 5.56. The van der Waals surface area contributed by atoms with Gasteiger partial charge in [0.1, 0.15) is 10.7 Å². The molecule has 0 aliphatic carbocycles. The summed E-state index contributed by atoms with van der Waals surface area (Å²) in [5, 5.41) is 8.87. The molecule has 4 nitrogen and oxygen atoms in total. The molecule has 0 spiro atoms. The van der Waals surface area contributed by atoms with Gasteiger partial charge in [-0.1, -0.05) is 0 Å². The van der Waals surface area contributed by atoms with Crippen molar-refractivity contribution in [3.05, 3.63) is 29.3 Å². The summed E-state index contributed by atoms with van der Waals surface area (Å²) >= 11 is 0. The van der Waals surface area contributed by atoms with Crippen molar-refractivity contribution in [2.24, 2.45) is 0 Å². The molecule has 1 N–H and O–H groups in total. The Kier molecular flexibility index (Phi) is 3.65. The Morgan fingerprint density at radius 1 is 1.22 bits per heavy atom. The van der Waals surface area contributed by atoms with Crippen molar-refractivity contribution >= 4 is 10.0 Å². The third-order valence-corrected chi connectivity index (χ3v) is 4.91. The summed E-state index contributed by atoms with van der Waals surface area (Å²) in [5.41, 5.74) is -0.615. The van der Waals surface area contributed by atoms with Gasteiger partial charge in [-0.3, -0.25) is 0 Å². The van der Waals surface area contributed by atoms with Crippen molar-refractivity contribution in [1.82, 2.24) is 4.31 Å². The molecular formula is C11H13F2NO3S. The highest BCUT2D eigenvalue weighted by molar-refractivity contribution is 7.89. The monoisotopic (exact) mass is 277 g/mol. The van der Waals surface area contributed by atoms with E-state index in [1.165, 1.54) is 4.31 Å². The van der Waals surface area contributed by atoms with Crippen LogP contribution in [-0.4, -0.2) is 30.9 Å². The highest BCUT2D eigenvalue weighted by atomic mass is 32.2. The standard InChI is InChI=1S/C11H13F2NO3S/c12-9-3-4-10(11(13)8(9)7-15)18(16,17)14-5-1-2-6-14/h3-4,15H,1-2,5-7H2. The van der Waals surface area contributed by atoms with Gasteiger partial charge < -0.3 is 5.11 Å². The van der Waals surface area contributed by atoms with E-state index >= 15 is 0 Å². The van der Waals surface area contributed by atoms with Crippen molar-refractivity contribution in [3.8, 4) is 0 Å². The van der Waals surface area contributed by atoms with E-state index in [0.717, 1.165) is 25.0 Å². The van der Waals surface area contributed by atoms with Crippen LogP contribution in [0.15, 0.2) is 17.0 Å². The van der Waals surface area contributed by atoms with E-state index in [4.69, 9.17) is 5.11 Å². The molecule has 2 rings (SSSR count). The summed E-state index contributed by atoms with van der Waals surface area (Å²) in [7, 11) is -3.94. The lowest BCUT2D eigenvalue weighted by Gasteiger charge is -2.16. The topological polar surface area (TPSA) is 57.6 Å². The van der Waals surface area contributed by atoms with Crippen LogP contribution >= 0.6 is 0 Å². The summed E-state index contributed by atoms with van der Waals surface area (Å²) in [6.45, 7) is -0.192. The fourth-order valence-corrected chi connectivity index (χ4v) is 3.59. The average Bonchev–Trinajstić information content (AvgIpc) is 2.83. The van der Waals surface area contributed by atoms with Crippen LogP contribution in [0, 0.1) is 11.6 Å². The van der Waals surface area contributed by atoms with Crippen LogP contribution in [0.5, 0.6) is 0 Å². The smallest absolute Gasteiger partial charge is 0.245 e. The first-order chi connectivity index (χ1) is 8.48. The van der Waals surface area contributed by atoms with Gasteiger partial charge in [-0.15, -0.1) is 0 Å². The van der Waals surface area contributed by atoms with Gasteiger partial charge in [-0.25, -0.2) is 17.2 Å². The lowest BCUT2D eigenvalue weighted by Crippen LogP contribution is -2.29. The van der Waals surface area contributed by atoms with E-state index in [1.807, 2.05) is 0 Å². The van der Waals surface area contributed by atoms with Crippen LogP contribution < -0.4 is 0 Å². The molecular weight excluding hydrogens is 264 g/mol. The van der Waals surface area contributed by atoms with Gasteiger partial charge in [0.2, 0.25) is 10.0 Å². The largest absolute Gasteiger partial charge is 0.391 e. The first-order valence-corrected chi connectivity index (χ1v) is 7.00. The maximum atomic E-state index is 13.9. The van der Waals surface area contributed by atoms with Crippen molar-refractivity contribution < 1.29 is 22.3 Å². The Bertz CT molecular complexity index is 554. The van der Waals surface area contributed by atoms with Crippen molar-refractivity contribution in [3.63, 3.8) is 0 Å². The molecule has 1 aliphatic rings. The van der Waals surface area contributed by atoms with Gasteiger partial charge in [0.25, 0.3) is 0 Å². The summed E-state index contributed by atoms with van der Waals surface area (Å²) in [5.74, 6) is -2.15. The highest BCUT2D eigenvalue weighted by Gasteiger charge is 2.31. The molecule has 0 radical (unpaired) electrons. The molecule has 0 unspecified atom stereocenters. The zero-order valence-corrected chi connectivity index (χ0v) is 10.4. The molecule has 7 heteroatoms. The number of halogens is 2. The molecule has 1 aromatic carbocycles. The summed E-state index contributed by atoms with van der Waals surface area (Å²) in [6, 6.07) is 1.76. The molecule has 0 saturated carbocycles. The predicted octanol–water partition coefficient (Wildman–Crippen LogP) is 1.24. The number of aliphatic hydroxyl groups is 1. The van der Waals surface area contributed by atoms with Crippen LogP contribution in [0.4, 0.5) is 8.78 Å². The molecule has 0 bridgehead atoms. The number of nitrogens with zero attached hydrogens (tertiary/aromatic N) is 1. The fraction of sp³-hybridized carbons (Fsp3) is 0.455. The number of benzene rings is 1. The normalized spacial score (nSPS) is 17.3. The zero-order valence-electron chi connectivity index (χ0n) is 9.57. The van der Waals surface area contributed by atoms with E-state index in [2.05, 4.69) is 0 Å². The first kappa shape index (κ1) is 13.4. The maximum Gasteiger partial charge on any atom is 0.245 e. The molecule has 0 aromatic heterocycles. The van der Waals surface area contributed by atoms with Gasteiger partial charge in [0, 0.05) is 13.1 Å². The number of sulfonamides is 1. The predicted molar refractivity (Wildman–Crippen MR) is 60.3 cm³/mol. The molecule has 1 heterocycles. The van der Waals surface area contributed by atoms with Crippen molar-refractivity contribution in [2.45, 2.75) is 24.3 Å². The number of rotatable bonds is 3. The van der Waals surface area contributed by atoms with E-state index in [0.29, 0.717) is 13.1 Å². The van der Waals surface area contributed by atoms with Gasteiger partial charge in [0.15, 0.2) is 5.82 Å². The third kappa shape index (κ3) is 2.13. The molecule has 0 amide bonds. The summed E-state index contributed by atoms with van der Waals surface area (Å²) in [4.78, 5) is -0.574. The van der Waals surface area contributed by atoms with E-state index in [1.54, 1.807) is 0 Å². The minimum absolute atomic E-state index is 0.341. The average molecular weight is 277 g/mol. The third-order valence-electron chi connectivity index (χ3n) is 2.99. The minimum atomic E-state index is -3.94. The Balaban J connectivity index is 2.51. The summed E-state index contributed by atoms with van der Waals surface area (Å²) in [6.07, 6.45) is 1.46. The van der Waals surface area contributed by atoms with Gasteiger partial charge in [0.05, 0.1) is 12.2 Å². The fourth-order valence-electron chi connectivity index (χ4n) is 1.99. The second kappa shape index (κ2) is 4.91. The Hall–Kier alpha value is -1.05. The molecule has 1 fully saturated rings. The van der Waals surface area contributed by atoms with E-state index in [-0.39, 0.29) is 0 Å². The van der Waals surface area contributed by atoms with Gasteiger partial charge >= 0.3 is 0 Å². The molecule has 1 saturated heterocycles. The molecule has 100 valence electrons. The van der Waals surface area contributed by atoms with Gasteiger partial charge in [-0.2, -0.15) is 4.31 Å². The van der Waals surface area contributed by atoms with Crippen molar-refractivity contribution in [1.29, 1.82) is 0 Å². The number of hydrogen-bond donors (Lipinski definition) is 1. The zero-order chi connectivity index (χ0) is 13.3. The lowest BCUT2D eigenvalue weighted by molar-refractivity contribution is 0.267. The van der Waals surface area contributed by atoms with Crippen molar-refractivity contribution in [2.75, 3.05) is 13.1 Å². The number of aliphatic hydroxyl groups excluding tert-OH is 1. The Morgan fingerprint density at radius 2 is 1.83 bits per heavy atom. The minimum Gasteiger partial charge on any atom is -0.391 e. The summed E-state index contributed by atoms with van der Waals surface area (Å²) < 4.78 is 52.5. The second-order valence-electron chi connectivity index (χ2n) is 4.11. The van der Waals surface area contributed by atoms with Gasteiger partial charge in [-0.05, 0) is 25.0 Å². The van der Waals surface area contributed by atoms with Crippen LogP contribution in [0.2, 0.25) is 0 Å². The highest BCUT2D eigenvalue weighted by Crippen LogP contribution is 2.26. The molecule has 1 aliphatic heterocycles. The second-order valence-corrected chi connectivity index (χ2v) is 6.01. The maximum absolute atomic E-state index is 13.9. The van der Waals surface area contributed by atoms with E-state index < -0.39 is 38.7 Å². The lowest BCUT2D eigenvalue weighted by atomic mass is 10.2. The van der Waals surface area contributed by atoms with Crippen LogP contribution in [-0.2, 0) is 16.6 Å². The molecule has 18 heavy (non-hydrogen) atoms. The Labute approximate surface area is 104 Å².